The normalized spacial score (nSPS) is 22.4. The maximum absolute atomic E-state index is 13.3. The molecule has 272 valence electrons. The second-order valence-electron chi connectivity index (χ2n) is 14.5. The summed E-state index contributed by atoms with van der Waals surface area (Å²) in [5.41, 5.74) is 7.89. The van der Waals surface area contributed by atoms with E-state index < -0.39 is 6.04 Å². The smallest absolute Gasteiger partial charge is 0.255 e. The number of nitrogens with one attached hydrogen (secondary N) is 5. The number of hydrogen-bond acceptors (Lipinski definition) is 10. The van der Waals surface area contributed by atoms with Gasteiger partial charge in [-0.2, -0.15) is 0 Å². The van der Waals surface area contributed by atoms with Gasteiger partial charge in [0.15, 0.2) is 0 Å². The molecular formula is C41H45N9O3. The molecule has 0 spiro atoms. The Morgan fingerprint density at radius 1 is 0.868 bits per heavy atom. The molecule has 0 radical (unpaired) electrons. The molecule has 3 atom stereocenters. The Labute approximate surface area is 309 Å². The van der Waals surface area contributed by atoms with Crippen LogP contribution >= 0.6 is 0 Å². The van der Waals surface area contributed by atoms with E-state index in [1.165, 1.54) is 11.9 Å². The number of piperidine rings is 2. The van der Waals surface area contributed by atoms with Crippen molar-refractivity contribution in [2.45, 2.75) is 82.1 Å². The molecule has 4 aromatic rings. The summed E-state index contributed by atoms with van der Waals surface area (Å²) >= 11 is 0. The number of allylic oxidation sites excluding steroid dienone is 1. The highest BCUT2D eigenvalue weighted by Gasteiger charge is 2.40. The van der Waals surface area contributed by atoms with Crippen molar-refractivity contribution in [1.29, 1.82) is 5.41 Å². The monoisotopic (exact) mass is 711 g/mol. The standard InChI is InChI=1S/C41H45N9O3/c42-22-26(37-24-44-35-11-1-2-12-36(35)47-37)23-43-27-16-18-49(19-17-27)31-9-4-8-30(21-31)45-28-6-3-7-29(20-28)46-34-13-5-10-32-33(34)25-50(41(32)53)38-14-15-39(51)48-40(38)52/h1-2,4-5,8-13,21-24,27-29,38,42-43,45-46H,3,6-7,14-20,25H2,(H,48,51,52)/b26-23+,42-22?. The van der Waals surface area contributed by atoms with Crippen molar-refractivity contribution in [2.75, 3.05) is 28.6 Å². The predicted molar refractivity (Wildman–Crippen MR) is 207 cm³/mol. The molecule has 3 unspecified atom stereocenters. The summed E-state index contributed by atoms with van der Waals surface area (Å²) in [6, 6.07) is 22.5. The molecule has 1 aromatic heterocycles. The summed E-state index contributed by atoms with van der Waals surface area (Å²) in [7, 11) is 0. The lowest BCUT2D eigenvalue weighted by Gasteiger charge is -2.35. The molecule has 3 fully saturated rings. The highest BCUT2D eigenvalue weighted by molar-refractivity contribution is 6.08. The van der Waals surface area contributed by atoms with E-state index in [1.807, 2.05) is 48.7 Å². The average molecular weight is 712 g/mol. The Kier molecular flexibility index (Phi) is 9.75. The lowest BCUT2D eigenvalue weighted by atomic mass is 9.90. The number of anilines is 3. The van der Waals surface area contributed by atoms with E-state index in [9.17, 15) is 14.4 Å². The Hall–Kier alpha value is -5.78. The molecule has 3 aliphatic heterocycles. The Bertz CT molecular complexity index is 2070. The van der Waals surface area contributed by atoms with Crippen molar-refractivity contribution in [3.8, 4) is 0 Å². The van der Waals surface area contributed by atoms with E-state index in [2.05, 4.69) is 55.4 Å². The largest absolute Gasteiger partial charge is 0.387 e. The molecule has 5 N–H and O–H groups in total. The van der Waals surface area contributed by atoms with Crippen LogP contribution < -0.4 is 26.2 Å². The highest BCUT2D eigenvalue weighted by atomic mass is 16.2. The van der Waals surface area contributed by atoms with Crippen molar-refractivity contribution >= 4 is 57.6 Å². The second-order valence-corrected chi connectivity index (χ2v) is 14.5. The first-order valence-corrected chi connectivity index (χ1v) is 18.8. The maximum Gasteiger partial charge on any atom is 0.255 e. The number of benzene rings is 3. The van der Waals surface area contributed by atoms with Crippen LogP contribution in [0.1, 0.15) is 73.0 Å². The zero-order chi connectivity index (χ0) is 36.3. The number of nitrogens with zero attached hydrogens (tertiary/aromatic N) is 4. The van der Waals surface area contributed by atoms with Crippen LogP contribution in [0.3, 0.4) is 0 Å². The van der Waals surface area contributed by atoms with Crippen molar-refractivity contribution in [3.63, 3.8) is 0 Å². The van der Waals surface area contributed by atoms with Gasteiger partial charge in [0.2, 0.25) is 11.8 Å². The quantitative estimate of drug-likeness (QED) is 0.106. The first-order valence-electron chi connectivity index (χ1n) is 18.8. The maximum atomic E-state index is 13.3. The fraction of sp³-hybridized carbons (Fsp3) is 0.366. The van der Waals surface area contributed by atoms with Crippen LogP contribution in [0.4, 0.5) is 17.1 Å². The van der Waals surface area contributed by atoms with Crippen LogP contribution in [0.15, 0.2) is 79.1 Å². The molecule has 0 bridgehead atoms. The van der Waals surface area contributed by atoms with Crippen LogP contribution in [0, 0.1) is 5.41 Å². The fourth-order valence-corrected chi connectivity index (χ4v) is 8.22. The zero-order valence-corrected chi connectivity index (χ0v) is 29.7. The van der Waals surface area contributed by atoms with Gasteiger partial charge in [-0.05, 0) is 87.4 Å². The molecule has 4 aliphatic rings. The molecule has 3 amide bonds. The fourth-order valence-electron chi connectivity index (χ4n) is 8.22. The Balaban J connectivity index is 0.848. The van der Waals surface area contributed by atoms with E-state index in [0.717, 1.165) is 79.6 Å². The van der Waals surface area contributed by atoms with Gasteiger partial charge < -0.3 is 31.2 Å². The van der Waals surface area contributed by atoms with E-state index >= 15 is 0 Å². The summed E-state index contributed by atoms with van der Waals surface area (Å²) in [5.74, 6) is -0.822. The molecule has 2 saturated heterocycles. The van der Waals surface area contributed by atoms with Gasteiger partial charge >= 0.3 is 0 Å². The lowest BCUT2D eigenvalue weighted by Crippen LogP contribution is -2.52. The van der Waals surface area contributed by atoms with E-state index in [0.29, 0.717) is 41.9 Å². The van der Waals surface area contributed by atoms with Gasteiger partial charge in [0.05, 0.1) is 22.9 Å². The first kappa shape index (κ1) is 34.3. The molecular weight excluding hydrogens is 667 g/mol. The topological polar surface area (TPSA) is 155 Å². The average Bonchev–Trinajstić information content (AvgIpc) is 3.52. The van der Waals surface area contributed by atoms with Crippen LogP contribution in [0.2, 0.25) is 0 Å². The number of amides is 3. The number of fused-ring (bicyclic) bond motifs is 2. The molecule has 8 rings (SSSR count). The molecule has 1 aliphatic carbocycles. The minimum Gasteiger partial charge on any atom is -0.387 e. The molecule has 12 heteroatoms. The number of para-hydroxylation sites is 2. The SMILES string of the molecule is N=C/C(=C\NC1CCN(c2cccc(NC3CCCC(Nc4cccc5c4CN(C4CCC(=O)NC4=O)C5=O)C3)c2)CC1)c1cnc2ccccc2n1. The third kappa shape index (κ3) is 7.44. The third-order valence-electron chi connectivity index (χ3n) is 11.1. The summed E-state index contributed by atoms with van der Waals surface area (Å²) in [5, 5.41) is 21.5. The Morgan fingerprint density at radius 3 is 2.47 bits per heavy atom. The highest BCUT2D eigenvalue weighted by Crippen LogP contribution is 2.34. The van der Waals surface area contributed by atoms with Gasteiger partial charge in [-0.3, -0.25) is 24.7 Å². The van der Waals surface area contributed by atoms with Gasteiger partial charge in [-0.15, -0.1) is 0 Å². The summed E-state index contributed by atoms with van der Waals surface area (Å²) in [4.78, 5) is 50.8. The van der Waals surface area contributed by atoms with Crippen LogP contribution in [0.25, 0.3) is 16.6 Å². The molecule has 3 aromatic carbocycles. The van der Waals surface area contributed by atoms with Crippen LogP contribution in [0.5, 0.6) is 0 Å². The van der Waals surface area contributed by atoms with Gasteiger partial charge in [0.25, 0.3) is 5.91 Å². The first-order chi connectivity index (χ1) is 25.9. The minimum absolute atomic E-state index is 0.150. The van der Waals surface area contributed by atoms with Crippen molar-refractivity contribution in [3.05, 3.63) is 95.9 Å². The van der Waals surface area contributed by atoms with Crippen molar-refractivity contribution < 1.29 is 14.4 Å². The van der Waals surface area contributed by atoms with E-state index in [1.54, 1.807) is 11.1 Å². The van der Waals surface area contributed by atoms with E-state index in [-0.39, 0.29) is 30.2 Å². The minimum atomic E-state index is -0.622. The van der Waals surface area contributed by atoms with Crippen molar-refractivity contribution in [2.24, 2.45) is 0 Å². The molecule has 12 nitrogen and oxygen atoms in total. The van der Waals surface area contributed by atoms with Gasteiger partial charge in [-0.25, -0.2) is 4.98 Å². The van der Waals surface area contributed by atoms with Gasteiger partial charge in [0.1, 0.15) is 6.04 Å². The van der Waals surface area contributed by atoms with Crippen molar-refractivity contribution in [1.82, 2.24) is 25.5 Å². The number of hydrogen-bond donors (Lipinski definition) is 5. The van der Waals surface area contributed by atoms with Gasteiger partial charge in [-0.1, -0.05) is 24.3 Å². The van der Waals surface area contributed by atoms with E-state index in [4.69, 9.17) is 10.4 Å². The Morgan fingerprint density at radius 2 is 1.66 bits per heavy atom. The second kappa shape index (κ2) is 15.1. The molecule has 4 heterocycles. The predicted octanol–water partition coefficient (Wildman–Crippen LogP) is 5.48. The summed E-state index contributed by atoms with van der Waals surface area (Å²) < 4.78 is 0. The number of rotatable bonds is 10. The van der Waals surface area contributed by atoms with Crippen LogP contribution in [-0.4, -0.2) is 76.1 Å². The van der Waals surface area contributed by atoms with Gasteiger partial charge in [0, 0.05) is 90.4 Å². The third-order valence-corrected chi connectivity index (χ3v) is 11.1. The molecule has 53 heavy (non-hydrogen) atoms. The van der Waals surface area contributed by atoms with Crippen LogP contribution in [-0.2, 0) is 16.1 Å². The summed E-state index contributed by atoms with van der Waals surface area (Å²) in [6.45, 7) is 2.23. The molecule has 1 saturated carbocycles. The number of carbonyl (C=O) groups excluding carboxylic acids is 3. The lowest BCUT2D eigenvalue weighted by molar-refractivity contribution is -0.136. The number of carbonyl (C=O) groups is 3. The number of imide groups is 1. The number of aromatic nitrogens is 2. The zero-order valence-electron chi connectivity index (χ0n) is 29.7. The summed E-state index contributed by atoms with van der Waals surface area (Å²) in [6.07, 6.45) is 11.7.